The molecule has 0 spiro atoms. The third-order valence-corrected chi connectivity index (χ3v) is 2.14. The van der Waals surface area contributed by atoms with Gasteiger partial charge in [0.15, 0.2) is 5.65 Å². The second-order valence-electron chi connectivity index (χ2n) is 3.41. The molecule has 0 N–H and O–H groups in total. The van der Waals surface area contributed by atoms with E-state index >= 15 is 0 Å². The van der Waals surface area contributed by atoms with Crippen molar-refractivity contribution in [3.05, 3.63) is 23.0 Å². The molecular formula is C10H12N4. The van der Waals surface area contributed by atoms with Crippen molar-refractivity contribution in [2.24, 2.45) is 0 Å². The first-order valence-electron chi connectivity index (χ1n) is 4.54. The summed E-state index contributed by atoms with van der Waals surface area (Å²) in [5.41, 5.74) is 2.65. The van der Waals surface area contributed by atoms with Crippen LogP contribution in [-0.4, -0.2) is 19.9 Å². The summed E-state index contributed by atoms with van der Waals surface area (Å²) in [5.74, 6) is 1.51. The largest absolute Gasteiger partial charge is 0.238 e. The molecule has 2 heterocycles. The zero-order valence-corrected chi connectivity index (χ0v) is 8.79. The van der Waals surface area contributed by atoms with E-state index in [1.54, 1.807) is 0 Å². The fourth-order valence-corrected chi connectivity index (χ4v) is 1.68. The SMILES string of the molecule is Cc1nc(C)c2c(C)nc(C)nc2n1. The monoisotopic (exact) mass is 188 g/mol. The number of aryl methyl sites for hydroxylation is 4. The molecule has 0 unspecified atom stereocenters. The van der Waals surface area contributed by atoms with Gasteiger partial charge in [-0.3, -0.25) is 0 Å². The van der Waals surface area contributed by atoms with E-state index in [2.05, 4.69) is 19.9 Å². The Morgan fingerprint density at radius 2 is 1.07 bits per heavy atom. The molecule has 0 saturated carbocycles. The lowest BCUT2D eigenvalue weighted by atomic mass is 10.2. The molecule has 0 bridgehead atoms. The summed E-state index contributed by atoms with van der Waals surface area (Å²) in [5, 5.41) is 0.973. The third kappa shape index (κ3) is 1.32. The number of hydrogen-bond donors (Lipinski definition) is 0. The van der Waals surface area contributed by atoms with Gasteiger partial charge in [-0.25, -0.2) is 19.9 Å². The molecule has 0 aliphatic carbocycles. The molecule has 0 aromatic carbocycles. The van der Waals surface area contributed by atoms with E-state index in [0.29, 0.717) is 0 Å². The van der Waals surface area contributed by atoms with Gasteiger partial charge >= 0.3 is 0 Å². The van der Waals surface area contributed by atoms with Crippen molar-refractivity contribution in [2.75, 3.05) is 0 Å². The quantitative estimate of drug-likeness (QED) is 0.630. The number of fused-ring (bicyclic) bond motifs is 1. The van der Waals surface area contributed by atoms with Crippen LogP contribution in [0.25, 0.3) is 11.0 Å². The van der Waals surface area contributed by atoms with Crippen LogP contribution in [0, 0.1) is 27.7 Å². The summed E-state index contributed by atoms with van der Waals surface area (Å²) in [4.78, 5) is 17.2. The lowest BCUT2D eigenvalue weighted by Gasteiger charge is -2.05. The highest BCUT2D eigenvalue weighted by Gasteiger charge is 2.07. The maximum absolute atomic E-state index is 4.30. The molecule has 4 nitrogen and oxygen atoms in total. The molecule has 2 aromatic heterocycles. The van der Waals surface area contributed by atoms with Crippen LogP contribution in [-0.2, 0) is 0 Å². The van der Waals surface area contributed by atoms with Crippen LogP contribution >= 0.6 is 0 Å². The van der Waals surface area contributed by atoms with E-state index in [1.165, 1.54) is 0 Å². The zero-order chi connectivity index (χ0) is 10.3. The van der Waals surface area contributed by atoms with Gasteiger partial charge in [0.2, 0.25) is 0 Å². The maximum atomic E-state index is 4.30. The summed E-state index contributed by atoms with van der Waals surface area (Å²) in [6.45, 7) is 7.67. The fraction of sp³-hybridized carbons (Fsp3) is 0.400. The van der Waals surface area contributed by atoms with Crippen molar-refractivity contribution in [3.63, 3.8) is 0 Å². The van der Waals surface area contributed by atoms with Gasteiger partial charge in [-0.15, -0.1) is 0 Å². The molecule has 0 aliphatic heterocycles. The first kappa shape index (κ1) is 8.99. The molecule has 0 amide bonds. The number of rotatable bonds is 0. The predicted molar refractivity (Wildman–Crippen MR) is 54.1 cm³/mol. The second kappa shape index (κ2) is 2.97. The van der Waals surface area contributed by atoms with Crippen molar-refractivity contribution in [2.45, 2.75) is 27.7 Å². The fourth-order valence-electron chi connectivity index (χ4n) is 1.68. The summed E-state index contributed by atoms with van der Waals surface area (Å²) < 4.78 is 0. The van der Waals surface area contributed by atoms with Crippen molar-refractivity contribution < 1.29 is 0 Å². The molecule has 0 saturated heterocycles. The normalized spacial score (nSPS) is 10.9. The molecule has 0 atom stereocenters. The van der Waals surface area contributed by atoms with E-state index < -0.39 is 0 Å². The number of hydrogen-bond acceptors (Lipinski definition) is 4. The van der Waals surface area contributed by atoms with Crippen LogP contribution in [0.2, 0.25) is 0 Å². The second-order valence-corrected chi connectivity index (χ2v) is 3.41. The van der Waals surface area contributed by atoms with Crippen LogP contribution in [0.5, 0.6) is 0 Å². The van der Waals surface area contributed by atoms with Crippen LogP contribution in [0.4, 0.5) is 0 Å². The van der Waals surface area contributed by atoms with Crippen LogP contribution in [0.3, 0.4) is 0 Å². The lowest BCUT2D eigenvalue weighted by Crippen LogP contribution is -2.01. The number of nitrogens with zero attached hydrogens (tertiary/aromatic N) is 4. The Bertz CT molecular complexity index is 462. The molecule has 14 heavy (non-hydrogen) atoms. The lowest BCUT2D eigenvalue weighted by molar-refractivity contribution is 0.981. The van der Waals surface area contributed by atoms with Gasteiger partial charge in [-0.05, 0) is 27.7 Å². The van der Waals surface area contributed by atoms with E-state index in [0.717, 1.165) is 34.1 Å². The predicted octanol–water partition coefficient (Wildman–Crippen LogP) is 1.65. The minimum atomic E-state index is 0.750. The Morgan fingerprint density at radius 1 is 0.643 bits per heavy atom. The standard InChI is InChI=1S/C10H12N4/c1-5-9-6(2)12-8(4)14-10(9)13-7(3)11-5/h1-4H3. The highest BCUT2D eigenvalue weighted by Crippen LogP contribution is 2.16. The Hall–Kier alpha value is -1.58. The molecule has 2 aromatic rings. The number of aromatic nitrogens is 4. The van der Waals surface area contributed by atoms with Crippen LogP contribution in [0.15, 0.2) is 0 Å². The highest BCUT2D eigenvalue weighted by atomic mass is 15.0. The van der Waals surface area contributed by atoms with E-state index in [-0.39, 0.29) is 0 Å². The summed E-state index contributed by atoms with van der Waals surface area (Å²) in [7, 11) is 0. The van der Waals surface area contributed by atoms with Gasteiger partial charge in [0.1, 0.15) is 11.6 Å². The Morgan fingerprint density at radius 3 is 1.50 bits per heavy atom. The molecule has 0 radical (unpaired) electrons. The summed E-state index contributed by atoms with van der Waals surface area (Å²) >= 11 is 0. The van der Waals surface area contributed by atoms with Gasteiger partial charge in [0.25, 0.3) is 0 Å². The Labute approximate surface area is 82.5 Å². The molecule has 0 aliphatic rings. The summed E-state index contributed by atoms with van der Waals surface area (Å²) in [6.07, 6.45) is 0. The minimum Gasteiger partial charge on any atom is -0.238 e. The van der Waals surface area contributed by atoms with Crippen molar-refractivity contribution >= 4 is 11.0 Å². The average molecular weight is 188 g/mol. The van der Waals surface area contributed by atoms with Gasteiger partial charge in [-0.2, -0.15) is 0 Å². The topological polar surface area (TPSA) is 51.6 Å². The van der Waals surface area contributed by atoms with Crippen LogP contribution in [0.1, 0.15) is 23.0 Å². The molecule has 2 rings (SSSR count). The van der Waals surface area contributed by atoms with Crippen molar-refractivity contribution in [1.29, 1.82) is 0 Å². The van der Waals surface area contributed by atoms with Gasteiger partial charge in [-0.1, -0.05) is 0 Å². The highest BCUT2D eigenvalue weighted by molar-refractivity contribution is 5.79. The van der Waals surface area contributed by atoms with E-state index in [9.17, 15) is 0 Å². The molecule has 72 valence electrons. The van der Waals surface area contributed by atoms with E-state index in [4.69, 9.17) is 0 Å². The van der Waals surface area contributed by atoms with E-state index in [1.807, 2.05) is 27.7 Å². The molecule has 0 fully saturated rings. The van der Waals surface area contributed by atoms with Crippen LogP contribution < -0.4 is 0 Å². The van der Waals surface area contributed by atoms with Gasteiger partial charge < -0.3 is 0 Å². The van der Waals surface area contributed by atoms with Gasteiger partial charge in [0, 0.05) is 0 Å². The first-order chi connectivity index (χ1) is 6.58. The zero-order valence-electron chi connectivity index (χ0n) is 8.79. The maximum Gasteiger partial charge on any atom is 0.166 e. The van der Waals surface area contributed by atoms with Gasteiger partial charge in [0.05, 0.1) is 16.8 Å². The Balaban J connectivity index is 2.94. The van der Waals surface area contributed by atoms with Crippen molar-refractivity contribution in [1.82, 2.24) is 19.9 Å². The summed E-state index contributed by atoms with van der Waals surface area (Å²) in [6, 6.07) is 0. The minimum absolute atomic E-state index is 0.750. The Kier molecular flexibility index (Phi) is 1.91. The molecular weight excluding hydrogens is 176 g/mol. The smallest absolute Gasteiger partial charge is 0.166 e. The third-order valence-electron chi connectivity index (χ3n) is 2.14. The van der Waals surface area contributed by atoms with Crippen molar-refractivity contribution in [3.8, 4) is 0 Å². The molecule has 4 heteroatoms. The first-order valence-corrected chi connectivity index (χ1v) is 4.54. The average Bonchev–Trinajstić information content (AvgIpc) is 1.99.